The average Bonchev–Trinajstić information content (AvgIpc) is 2.90. The molecule has 39 heavy (non-hydrogen) atoms. The number of H-pyrrole nitrogens is 1. The number of amides is 2. The lowest BCUT2D eigenvalue weighted by Gasteiger charge is -2.57. The first kappa shape index (κ1) is 26.0. The number of hydrogen-bond donors (Lipinski definition) is 2. The molecule has 2 amide bonds. The number of hydrogen-bond acceptors (Lipinski definition) is 5. The minimum Gasteiger partial charge on any atom is -0.348 e. The number of pyridine rings is 1. The Morgan fingerprint density at radius 1 is 1.05 bits per heavy atom. The number of aromatic nitrogens is 1. The highest BCUT2D eigenvalue weighted by Gasteiger charge is 2.51. The lowest BCUT2D eigenvalue weighted by atomic mass is 9.49. The summed E-state index contributed by atoms with van der Waals surface area (Å²) in [5.74, 6) is 1.99. The van der Waals surface area contributed by atoms with E-state index < -0.39 is 21.3 Å². The zero-order valence-electron chi connectivity index (χ0n) is 22.0. The van der Waals surface area contributed by atoms with Crippen LogP contribution < -0.4 is 10.9 Å². The Kier molecular flexibility index (Phi) is 6.73. The summed E-state index contributed by atoms with van der Waals surface area (Å²) in [4.78, 5) is 43.8. The summed E-state index contributed by atoms with van der Waals surface area (Å²) in [7, 11) is -3.61. The molecule has 8 nitrogen and oxygen atoms in total. The molecule has 4 saturated carbocycles. The van der Waals surface area contributed by atoms with E-state index >= 15 is 0 Å². The summed E-state index contributed by atoms with van der Waals surface area (Å²) in [6.07, 6.45) is 10.1. The van der Waals surface area contributed by atoms with Crippen LogP contribution in [0.5, 0.6) is 0 Å². The van der Waals surface area contributed by atoms with E-state index in [4.69, 9.17) is 0 Å². The van der Waals surface area contributed by atoms with E-state index in [1.807, 2.05) is 4.90 Å². The second kappa shape index (κ2) is 10.1. The van der Waals surface area contributed by atoms with Gasteiger partial charge in [0.15, 0.2) is 9.84 Å². The molecule has 4 aliphatic carbocycles. The molecule has 2 heterocycles. The Bertz CT molecular complexity index is 1440. The van der Waals surface area contributed by atoms with Crippen LogP contribution in [0.1, 0.15) is 66.6 Å². The van der Waals surface area contributed by atoms with Gasteiger partial charge in [0.05, 0.1) is 4.90 Å². The van der Waals surface area contributed by atoms with Gasteiger partial charge in [-0.3, -0.25) is 14.4 Å². The SMILES string of the molecule is O=C(NC/C=C/S(=O)(=O)c1ccccc1)c1cc2c([nH]c1=O)CCN(C(=O)CC13CC4CC(CC(C4)C1)C3)C2. The van der Waals surface area contributed by atoms with Gasteiger partial charge >= 0.3 is 0 Å². The number of rotatable bonds is 7. The number of carbonyl (C=O) groups is 2. The molecular formula is C30H35N3O5S. The third kappa shape index (κ3) is 5.33. The molecule has 206 valence electrons. The lowest BCUT2D eigenvalue weighted by molar-refractivity contribution is -0.140. The van der Waals surface area contributed by atoms with Crippen molar-refractivity contribution in [1.29, 1.82) is 0 Å². The van der Waals surface area contributed by atoms with Crippen molar-refractivity contribution < 1.29 is 18.0 Å². The fourth-order valence-electron chi connectivity index (χ4n) is 7.94. The third-order valence-corrected chi connectivity index (χ3v) is 10.7. The van der Waals surface area contributed by atoms with Gasteiger partial charge in [-0.15, -0.1) is 0 Å². The zero-order chi connectivity index (χ0) is 27.2. The largest absolute Gasteiger partial charge is 0.348 e. The van der Waals surface area contributed by atoms with Crippen LogP contribution in [-0.2, 0) is 27.6 Å². The Balaban J connectivity index is 1.09. The van der Waals surface area contributed by atoms with Gasteiger partial charge in [-0.25, -0.2) is 8.42 Å². The van der Waals surface area contributed by atoms with E-state index in [0.29, 0.717) is 25.9 Å². The average molecular weight is 550 g/mol. The van der Waals surface area contributed by atoms with E-state index in [0.717, 1.165) is 34.4 Å². The second-order valence-electron chi connectivity index (χ2n) is 12.1. The summed E-state index contributed by atoms with van der Waals surface area (Å²) >= 11 is 0. The zero-order valence-corrected chi connectivity index (χ0v) is 22.8. The van der Waals surface area contributed by atoms with Crippen LogP contribution in [0.4, 0.5) is 0 Å². The summed E-state index contributed by atoms with van der Waals surface area (Å²) in [6.45, 7) is 0.907. The molecule has 2 N–H and O–H groups in total. The number of nitrogens with one attached hydrogen (secondary N) is 2. The van der Waals surface area contributed by atoms with Crippen LogP contribution in [-0.4, -0.2) is 43.2 Å². The first-order chi connectivity index (χ1) is 18.7. The fraction of sp³-hybridized carbons (Fsp3) is 0.500. The first-order valence-corrected chi connectivity index (χ1v) is 15.5. The molecule has 9 heteroatoms. The van der Waals surface area contributed by atoms with Gasteiger partial charge in [-0.05, 0) is 85.5 Å². The molecular weight excluding hydrogens is 514 g/mol. The molecule has 5 aliphatic rings. The summed E-state index contributed by atoms with van der Waals surface area (Å²) in [6, 6.07) is 9.60. The quantitative estimate of drug-likeness (QED) is 0.548. The highest BCUT2D eigenvalue weighted by molar-refractivity contribution is 7.94. The molecule has 1 aliphatic heterocycles. The first-order valence-electron chi connectivity index (χ1n) is 14.0. The van der Waals surface area contributed by atoms with Crippen molar-refractivity contribution in [2.24, 2.45) is 23.2 Å². The van der Waals surface area contributed by atoms with Crippen LogP contribution in [0.2, 0.25) is 0 Å². The van der Waals surface area contributed by atoms with Gasteiger partial charge < -0.3 is 15.2 Å². The maximum atomic E-state index is 13.5. The molecule has 0 saturated heterocycles. The van der Waals surface area contributed by atoms with Gasteiger partial charge in [0, 0.05) is 43.6 Å². The topological polar surface area (TPSA) is 116 Å². The van der Waals surface area contributed by atoms with Crippen LogP contribution in [0.3, 0.4) is 0 Å². The van der Waals surface area contributed by atoms with Crippen LogP contribution >= 0.6 is 0 Å². The number of nitrogens with zero attached hydrogens (tertiary/aromatic N) is 1. The summed E-state index contributed by atoms with van der Waals surface area (Å²) in [5, 5.41) is 3.65. The fourth-order valence-corrected chi connectivity index (χ4v) is 8.98. The molecule has 2 aromatic rings. The van der Waals surface area contributed by atoms with Gasteiger partial charge in [-0.2, -0.15) is 0 Å². The Hall–Kier alpha value is -3.20. The Morgan fingerprint density at radius 3 is 2.38 bits per heavy atom. The molecule has 4 fully saturated rings. The van der Waals surface area contributed by atoms with Crippen LogP contribution in [0.25, 0.3) is 0 Å². The third-order valence-electron chi connectivity index (χ3n) is 9.22. The van der Waals surface area contributed by atoms with Crippen LogP contribution in [0, 0.1) is 23.2 Å². The van der Waals surface area contributed by atoms with Crippen molar-refractivity contribution in [2.45, 2.75) is 62.8 Å². The van der Waals surface area contributed by atoms with Crippen molar-refractivity contribution in [3.05, 3.63) is 75.1 Å². The summed E-state index contributed by atoms with van der Waals surface area (Å²) < 4.78 is 24.7. The minimum absolute atomic E-state index is 0.0385. The Morgan fingerprint density at radius 2 is 1.72 bits per heavy atom. The van der Waals surface area contributed by atoms with E-state index in [2.05, 4.69) is 10.3 Å². The normalized spacial score (nSPS) is 27.5. The predicted molar refractivity (Wildman–Crippen MR) is 147 cm³/mol. The standard InChI is InChI=1S/C30H35N3O5S/c34-27(18-30-15-20-11-21(16-30)13-22(12-20)17-30)33-9-7-26-23(19-33)14-25(29(36)32-26)28(35)31-8-4-10-39(37,38)24-5-2-1-3-6-24/h1-6,10,14,20-22H,7-9,11-13,15-19H2,(H,31,35)(H,32,36)/b10-4+. The van der Waals surface area contributed by atoms with E-state index in [1.165, 1.54) is 56.7 Å². The molecule has 0 spiro atoms. The van der Waals surface area contributed by atoms with Crippen LogP contribution in [0.15, 0.2) is 57.6 Å². The van der Waals surface area contributed by atoms with Crippen molar-refractivity contribution in [3.8, 4) is 0 Å². The molecule has 7 rings (SSSR count). The van der Waals surface area contributed by atoms with Crippen molar-refractivity contribution >= 4 is 21.7 Å². The molecule has 1 aromatic heterocycles. The number of aromatic amines is 1. The highest BCUT2D eigenvalue weighted by atomic mass is 32.2. The maximum absolute atomic E-state index is 13.5. The van der Waals surface area contributed by atoms with E-state index in [-0.39, 0.29) is 28.3 Å². The van der Waals surface area contributed by atoms with Gasteiger partial charge in [0.2, 0.25) is 5.91 Å². The van der Waals surface area contributed by atoms with E-state index in [9.17, 15) is 22.8 Å². The maximum Gasteiger partial charge on any atom is 0.261 e. The molecule has 0 atom stereocenters. The molecule has 0 radical (unpaired) electrons. The van der Waals surface area contributed by atoms with Crippen molar-refractivity contribution in [2.75, 3.05) is 13.1 Å². The summed E-state index contributed by atoms with van der Waals surface area (Å²) in [5.41, 5.74) is 1.20. The van der Waals surface area contributed by atoms with Gasteiger partial charge in [0.1, 0.15) is 5.56 Å². The number of carbonyl (C=O) groups excluding carboxylic acids is 2. The monoisotopic (exact) mass is 549 g/mol. The Labute approximate surface area is 228 Å². The van der Waals surface area contributed by atoms with Crippen molar-refractivity contribution in [3.63, 3.8) is 0 Å². The second-order valence-corrected chi connectivity index (χ2v) is 13.9. The molecule has 4 bridgehead atoms. The highest BCUT2D eigenvalue weighted by Crippen LogP contribution is 2.61. The molecule has 0 unspecified atom stereocenters. The number of fused-ring (bicyclic) bond motifs is 1. The van der Waals surface area contributed by atoms with Crippen molar-refractivity contribution in [1.82, 2.24) is 15.2 Å². The van der Waals surface area contributed by atoms with E-state index in [1.54, 1.807) is 24.3 Å². The smallest absolute Gasteiger partial charge is 0.261 e. The molecule has 1 aromatic carbocycles. The predicted octanol–water partition coefficient (Wildman–Crippen LogP) is 3.58. The minimum atomic E-state index is -3.61. The lowest BCUT2D eigenvalue weighted by Crippen LogP contribution is -2.49. The number of sulfone groups is 1. The number of benzene rings is 1. The van der Waals surface area contributed by atoms with Gasteiger partial charge in [-0.1, -0.05) is 24.3 Å². The van der Waals surface area contributed by atoms with Gasteiger partial charge in [0.25, 0.3) is 11.5 Å².